The zero-order valence-electron chi connectivity index (χ0n) is 18.9. The van der Waals surface area contributed by atoms with Crippen molar-refractivity contribution in [3.05, 3.63) is 53.8 Å². The summed E-state index contributed by atoms with van der Waals surface area (Å²) < 4.78 is 51.5. The summed E-state index contributed by atoms with van der Waals surface area (Å²) in [6.07, 6.45) is 1.98. The molecule has 0 unspecified atom stereocenters. The maximum atomic E-state index is 13.2. The Morgan fingerprint density at radius 1 is 0.941 bits per heavy atom. The Morgan fingerprint density at radius 3 is 2.38 bits per heavy atom. The second kappa shape index (κ2) is 9.52. The molecule has 0 saturated carbocycles. The first kappa shape index (κ1) is 23.1. The minimum atomic E-state index is -3.71. The van der Waals surface area contributed by atoms with Gasteiger partial charge in [-0.15, -0.1) is 0 Å². The van der Waals surface area contributed by atoms with E-state index in [1.165, 1.54) is 16.4 Å². The summed E-state index contributed by atoms with van der Waals surface area (Å²) in [7, 11) is -3.71. The number of rotatable bonds is 5. The fourth-order valence-corrected chi connectivity index (χ4v) is 6.29. The van der Waals surface area contributed by atoms with Gasteiger partial charge in [-0.3, -0.25) is 9.69 Å². The number of benzene rings is 2. The molecule has 0 bridgehead atoms. The third kappa shape index (κ3) is 4.62. The molecule has 0 aromatic heterocycles. The van der Waals surface area contributed by atoms with Gasteiger partial charge in [-0.05, 0) is 61.3 Å². The molecular formula is C24H28FN3O5S. The Kier molecular flexibility index (Phi) is 6.46. The van der Waals surface area contributed by atoms with Gasteiger partial charge in [0.1, 0.15) is 19.0 Å². The molecule has 3 aliphatic heterocycles. The number of likely N-dealkylation sites (tertiary alicyclic amines) is 1. The van der Waals surface area contributed by atoms with E-state index in [9.17, 15) is 17.6 Å². The Labute approximate surface area is 198 Å². The largest absolute Gasteiger partial charge is 0.486 e. The Bertz CT molecular complexity index is 1150. The van der Waals surface area contributed by atoms with Gasteiger partial charge in [0.15, 0.2) is 11.5 Å². The van der Waals surface area contributed by atoms with Crippen molar-refractivity contribution in [2.45, 2.75) is 23.8 Å². The van der Waals surface area contributed by atoms with E-state index < -0.39 is 15.8 Å². The van der Waals surface area contributed by atoms with Crippen LogP contribution in [0, 0.1) is 5.82 Å². The van der Waals surface area contributed by atoms with Gasteiger partial charge in [-0.2, -0.15) is 4.31 Å². The van der Waals surface area contributed by atoms with Gasteiger partial charge in [0.2, 0.25) is 15.9 Å². The molecule has 2 aromatic rings. The molecule has 0 spiro atoms. The van der Waals surface area contributed by atoms with Crippen LogP contribution in [0.2, 0.25) is 0 Å². The zero-order chi connectivity index (χ0) is 23.7. The van der Waals surface area contributed by atoms with Crippen LogP contribution in [0.3, 0.4) is 0 Å². The van der Waals surface area contributed by atoms with Crippen LogP contribution in [0.15, 0.2) is 47.4 Å². The fraction of sp³-hybridized carbons (Fsp3) is 0.458. The summed E-state index contributed by atoms with van der Waals surface area (Å²) in [5, 5.41) is 0. The number of halogens is 1. The van der Waals surface area contributed by atoms with Crippen molar-refractivity contribution in [3.63, 3.8) is 0 Å². The molecule has 0 aliphatic carbocycles. The molecule has 34 heavy (non-hydrogen) atoms. The van der Waals surface area contributed by atoms with E-state index in [1.807, 2.05) is 18.2 Å². The van der Waals surface area contributed by atoms with E-state index in [-0.39, 0.29) is 29.9 Å². The lowest BCUT2D eigenvalue weighted by atomic mass is 10.0. The number of piperazine rings is 1. The molecule has 2 aromatic carbocycles. The van der Waals surface area contributed by atoms with Crippen LogP contribution < -0.4 is 9.47 Å². The predicted molar refractivity (Wildman–Crippen MR) is 123 cm³/mol. The number of nitrogens with zero attached hydrogens (tertiary/aromatic N) is 3. The standard InChI is InChI=1S/C24H28FN3O5S/c25-19-4-6-20(7-5-19)34(30,31)28-12-10-26(11-13-28)24(29)17-27-9-1-2-21(27)18-3-8-22-23(16-18)33-15-14-32-22/h3-8,16,21H,1-2,9-15,17H2/t21-/m0/s1. The summed E-state index contributed by atoms with van der Waals surface area (Å²) in [5.74, 6) is 1.03. The monoisotopic (exact) mass is 489 g/mol. The Morgan fingerprint density at radius 2 is 1.65 bits per heavy atom. The number of fused-ring (bicyclic) bond motifs is 1. The highest BCUT2D eigenvalue weighted by atomic mass is 32.2. The number of carbonyl (C=O) groups is 1. The molecule has 0 N–H and O–H groups in total. The van der Waals surface area contributed by atoms with Crippen LogP contribution in [0.4, 0.5) is 4.39 Å². The van der Waals surface area contributed by atoms with Crippen LogP contribution in [0.25, 0.3) is 0 Å². The quantitative estimate of drug-likeness (QED) is 0.641. The van der Waals surface area contributed by atoms with Crippen LogP contribution >= 0.6 is 0 Å². The molecule has 5 rings (SSSR count). The topological polar surface area (TPSA) is 79.4 Å². The third-order valence-electron chi connectivity index (χ3n) is 6.70. The molecular weight excluding hydrogens is 461 g/mol. The number of sulfonamides is 1. The van der Waals surface area contributed by atoms with Gasteiger partial charge in [-0.1, -0.05) is 6.07 Å². The van der Waals surface area contributed by atoms with Gasteiger partial charge >= 0.3 is 0 Å². The maximum Gasteiger partial charge on any atom is 0.243 e. The summed E-state index contributed by atoms with van der Waals surface area (Å²) in [5.41, 5.74) is 1.12. The Hall–Kier alpha value is -2.69. The summed E-state index contributed by atoms with van der Waals surface area (Å²) in [6.45, 7) is 3.33. The van der Waals surface area contributed by atoms with Gasteiger partial charge in [0.25, 0.3) is 0 Å². The maximum absolute atomic E-state index is 13.2. The summed E-state index contributed by atoms with van der Waals surface area (Å²) >= 11 is 0. The summed E-state index contributed by atoms with van der Waals surface area (Å²) in [6, 6.07) is 11.0. The highest BCUT2D eigenvalue weighted by Crippen LogP contribution is 2.38. The van der Waals surface area contributed by atoms with Crippen molar-refractivity contribution in [1.29, 1.82) is 0 Å². The van der Waals surface area contributed by atoms with Gasteiger partial charge < -0.3 is 14.4 Å². The van der Waals surface area contributed by atoms with Crippen LogP contribution in [0.5, 0.6) is 11.5 Å². The second-order valence-corrected chi connectivity index (χ2v) is 10.7. The average Bonchev–Trinajstić information content (AvgIpc) is 3.32. The zero-order valence-corrected chi connectivity index (χ0v) is 19.7. The highest BCUT2D eigenvalue weighted by Gasteiger charge is 2.33. The van der Waals surface area contributed by atoms with E-state index in [0.717, 1.165) is 48.6 Å². The summed E-state index contributed by atoms with van der Waals surface area (Å²) in [4.78, 5) is 17.0. The molecule has 2 fully saturated rings. The average molecular weight is 490 g/mol. The van der Waals surface area contributed by atoms with Crippen molar-refractivity contribution in [1.82, 2.24) is 14.1 Å². The lowest BCUT2D eigenvalue weighted by molar-refractivity contribution is -0.133. The molecule has 2 saturated heterocycles. The van der Waals surface area contributed by atoms with Crippen molar-refractivity contribution in [2.24, 2.45) is 0 Å². The Balaban J connectivity index is 1.19. The molecule has 182 valence electrons. The second-order valence-electron chi connectivity index (χ2n) is 8.77. The smallest absolute Gasteiger partial charge is 0.243 e. The van der Waals surface area contributed by atoms with Crippen molar-refractivity contribution in [2.75, 3.05) is 52.5 Å². The van der Waals surface area contributed by atoms with E-state index in [2.05, 4.69) is 4.90 Å². The first-order chi connectivity index (χ1) is 16.4. The molecule has 3 heterocycles. The van der Waals surface area contributed by atoms with E-state index >= 15 is 0 Å². The van der Waals surface area contributed by atoms with Gasteiger partial charge in [0, 0.05) is 32.2 Å². The number of hydrogen-bond acceptors (Lipinski definition) is 6. The van der Waals surface area contributed by atoms with Gasteiger partial charge in [-0.25, -0.2) is 12.8 Å². The highest BCUT2D eigenvalue weighted by molar-refractivity contribution is 7.89. The van der Waals surface area contributed by atoms with Gasteiger partial charge in [0.05, 0.1) is 11.4 Å². The van der Waals surface area contributed by atoms with Crippen molar-refractivity contribution < 1.29 is 27.1 Å². The van der Waals surface area contributed by atoms with Crippen LogP contribution in [-0.4, -0.2) is 80.9 Å². The van der Waals surface area contributed by atoms with Crippen LogP contribution in [-0.2, 0) is 14.8 Å². The number of amides is 1. The normalized spacial score (nSPS) is 21.6. The molecule has 1 atom stereocenters. The van der Waals surface area contributed by atoms with E-state index in [1.54, 1.807) is 4.90 Å². The fourth-order valence-electron chi connectivity index (χ4n) is 4.87. The molecule has 10 heteroatoms. The lowest BCUT2D eigenvalue weighted by Crippen LogP contribution is -2.52. The van der Waals surface area contributed by atoms with Crippen molar-refractivity contribution >= 4 is 15.9 Å². The first-order valence-electron chi connectivity index (χ1n) is 11.6. The van der Waals surface area contributed by atoms with E-state index in [0.29, 0.717) is 32.8 Å². The molecule has 1 amide bonds. The minimum absolute atomic E-state index is 0.00303. The van der Waals surface area contributed by atoms with Crippen LogP contribution in [0.1, 0.15) is 24.4 Å². The molecule has 0 radical (unpaired) electrons. The third-order valence-corrected chi connectivity index (χ3v) is 8.61. The van der Waals surface area contributed by atoms with Crippen molar-refractivity contribution in [3.8, 4) is 11.5 Å². The number of carbonyl (C=O) groups excluding carboxylic acids is 1. The number of ether oxygens (including phenoxy) is 2. The van der Waals surface area contributed by atoms with E-state index in [4.69, 9.17) is 9.47 Å². The predicted octanol–water partition coefficient (Wildman–Crippen LogP) is 2.27. The number of hydrogen-bond donors (Lipinski definition) is 0. The minimum Gasteiger partial charge on any atom is -0.486 e. The molecule has 8 nitrogen and oxygen atoms in total. The lowest BCUT2D eigenvalue weighted by Gasteiger charge is -2.35. The molecule has 3 aliphatic rings. The SMILES string of the molecule is O=C(CN1CCC[C@H]1c1ccc2c(c1)OCCO2)N1CCN(S(=O)(=O)c2ccc(F)cc2)CC1. The first-order valence-corrected chi connectivity index (χ1v) is 13.0.